The SMILES string of the molecule is CC(N)C(c1ccncc1)N1CCN(C)C(=O)C1(C)C. The summed E-state index contributed by atoms with van der Waals surface area (Å²) in [5, 5.41) is 0. The molecule has 0 aromatic carbocycles. The smallest absolute Gasteiger partial charge is 0.242 e. The second-order valence-corrected chi connectivity index (χ2v) is 6.06. The maximum absolute atomic E-state index is 12.4. The number of hydrogen-bond donors (Lipinski definition) is 1. The van der Waals surface area contributed by atoms with Crippen LogP contribution in [0.1, 0.15) is 32.4 Å². The summed E-state index contributed by atoms with van der Waals surface area (Å²) in [4.78, 5) is 20.5. The summed E-state index contributed by atoms with van der Waals surface area (Å²) in [6, 6.07) is 3.92. The van der Waals surface area contributed by atoms with E-state index in [0.717, 1.165) is 18.7 Å². The van der Waals surface area contributed by atoms with Crippen LogP contribution in [0.4, 0.5) is 0 Å². The lowest BCUT2D eigenvalue weighted by Gasteiger charge is -2.49. The number of piperazine rings is 1. The van der Waals surface area contributed by atoms with Crippen molar-refractivity contribution in [3.63, 3.8) is 0 Å². The Kier molecular flexibility index (Phi) is 4.11. The first-order chi connectivity index (χ1) is 9.35. The van der Waals surface area contributed by atoms with Gasteiger partial charge in [0.1, 0.15) is 0 Å². The molecule has 2 N–H and O–H groups in total. The summed E-state index contributed by atoms with van der Waals surface area (Å²) in [5.41, 5.74) is 6.78. The average molecular weight is 276 g/mol. The topological polar surface area (TPSA) is 62.5 Å². The van der Waals surface area contributed by atoms with Gasteiger partial charge in [0.15, 0.2) is 0 Å². The van der Waals surface area contributed by atoms with Gasteiger partial charge in [-0.3, -0.25) is 14.7 Å². The largest absolute Gasteiger partial charge is 0.343 e. The van der Waals surface area contributed by atoms with E-state index in [2.05, 4.69) is 9.88 Å². The molecule has 2 unspecified atom stereocenters. The fraction of sp³-hybridized carbons (Fsp3) is 0.600. The van der Waals surface area contributed by atoms with Gasteiger partial charge in [0.25, 0.3) is 0 Å². The normalized spacial score (nSPS) is 22.6. The third-order valence-corrected chi connectivity index (χ3v) is 4.15. The van der Waals surface area contributed by atoms with Gasteiger partial charge >= 0.3 is 0 Å². The molecule has 1 saturated heterocycles. The van der Waals surface area contributed by atoms with Crippen LogP contribution in [-0.4, -0.2) is 52.4 Å². The van der Waals surface area contributed by atoms with Crippen LogP contribution < -0.4 is 5.73 Å². The molecule has 2 heterocycles. The summed E-state index contributed by atoms with van der Waals surface area (Å²) in [5.74, 6) is 0.142. The number of nitrogens with two attached hydrogens (primary N) is 1. The van der Waals surface area contributed by atoms with Crippen LogP contribution in [0.25, 0.3) is 0 Å². The fourth-order valence-corrected chi connectivity index (χ4v) is 3.04. The van der Waals surface area contributed by atoms with Gasteiger partial charge in [-0.05, 0) is 38.5 Å². The predicted octanol–water partition coefficient (Wildman–Crippen LogP) is 1.02. The van der Waals surface area contributed by atoms with E-state index >= 15 is 0 Å². The van der Waals surface area contributed by atoms with E-state index < -0.39 is 5.54 Å². The van der Waals surface area contributed by atoms with E-state index in [-0.39, 0.29) is 18.0 Å². The lowest BCUT2D eigenvalue weighted by atomic mass is 9.90. The number of pyridine rings is 1. The molecule has 0 bridgehead atoms. The number of carbonyl (C=O) groups excluding carboxylic acids is 1. The molecule has 0 spiro atoms. The molecule has 1 aromatic rings. The third-order valence-electron chi connectivity index (χ3n) is 4.15. The number of likely N-dealkylation sites (N-methyl/N-ethyl adjacent to an activating group) is 1. The number of carbonyl (C=O) groups is 1. The van der Waals surface area contributed by atoms with Gasteiger partial charge in [0.05, 0.1) is 11.6 Å². The van der Waals surface area contributed by atoms with Gasteiger partial charge in [-0.15, -0.1) is 0 Å². The second-order valence-electron chi connectivity index (χ2n) is 6.06. The minimum Gasteiger partial charge on any atom is -0.343 e. The maximum atomic E-state index is 12.4. The van der Waals surface area contributed by atoms with Crippen LogP contribution in [0, 0.1) is 0 Å². The zero-order valence-corrected chi connectivity index (χ0v) is 12.7. The van der Waals surface area contributed by atoms with Crippen molar-refractivity contribution in [2.75, 3.05) is 20.1 Å². The third kappa shape index (κ3) is 2.55. The van der Waals surface area contributed by atoms with Crippen molar-refractivity contribution >= 4 is 5.91 Å². The molecular weight excluding hydrogens is 252 g/mol. The Labute approximate surface area is 120 Å². The molecule has 0 radical (unpaired) electrons. The van der Waals surface area contributed by atoms with Crippen LogP contribution in [0.2, 0.25) is 0 Å². The second kappa shape index (κ2) is 5.50. The Balaban J connectivity index is 2.38. The van der Waals surface area contributed by atoms with Gasteiger partial charge in [-0.2, -0.15) is 0 Å². The lowest BCUT2D eigenvalue weighted by molar-refractivity contribution is -0.150. The minimum atomic E-state index is -0.547. The van der Waals surface area contributed by atoms with Gasteiger partial charge in [0.2, 0.25) is 5.91 Å². The van der Waals surface area contributed by atoms with Gasteiger partial charge in [-0.25, -0.2) is 0 Å². The first kappa shape index (κ1) is 14.9. The first-order valence-corrected chi connectivity index (χ1v) is 7.03. The van der Waals surface area contributed by atoms with Crippen LogP contribution in [0.5, 0.6) is 0 Å². The minimum absolute atomic E-state index is 0.0191. The summed E-state index contributed by atoms with van der Waals surface area (Å²) in [6.45, 7) is 7.49. The fourth-order valence-electron chi connectivity index (χ4n) is 3.04. The van der Waals surface area contributed by atoms with E-state index in [0.29, 0.717) is 0 Å². The lowest BCUT2D eigenvalue weighted by Crippen LogP contribution is -2.64. The van der Waals surface area contributed by atoms with Crippen molar-refractivity contribution in [3.8, 4) is 0 Å². The van der Waals surface area contributed by atoms with E-state index in [1.165, 1.54) is 0 Å². The monoisotopic (exact) mass is 276 g/mol. The molecule has 5 heteroatoms. The number of rotatable bonds is 3. The molecule has 1 aliphatic heterocycles. The molecule has 20 heavy (non-hydrogen) atoms. The van der Waals surface area contributed by atoms with Crippen molar-refractivity contribution in [3.05, 3.63) is 30.1 Å². The molecule has 1 aliphatic rings. The van der Waals surface area contributed by atoms with Crippen LogP contribution in [-0.2, 0) is 4.79 Å². The molecule has 1 fully saturated rings. The summed E-state index contributed by atoms with van der Waals surface area (Å²) in [6.07, 6.45) is 3.55. The molecule has 1 aromatic heterocycles. The standard InChI is InChI=1S/C15H24N4O/c1-11(16)13(12-5-7-17-8-6-12)19-10-9-18(4)14(20)15(19,2)3/h5-8,11,13H,9-10,16H2,1-4H3. The van der Waals surface area contributed by atoms with E-state index in [1.807, 2.05) is 40.0 Å². The molecule has 0 saturated carbocycles. The highest BCUT2D eigenvalue weighted by Gasteiger charge is 2.44. The van der Waals surface area contributed by atoms with E-state index in [9.17, 15) is 4.79 Å². The molecule has 110 valence electrons. The van der Waals surface area contributed by atoms with Gasteiger partial charge in [0, 0.05) is 38.6 Å². The summed E-state index contributed by atoms with van der Waals surface area (Å²) in [7, 11) is 1.86. The molecule has 2 rings (SSSR count). The van der Waals surface area contributed by atoms with Crippen molar-refractivity contribution in [1.82, 2.24) is 14.8 Å². The molecular formula is C15H24N4O. The van der Waals surface area contributed by atoms with Gasteiger partial charge < -0.3 is 10.6 Å². The Bertz CT molecular complexity index is 472. The highest BCUT2D eigenvalue weighted by atomic mass is 16.2. The van der Waals surface area contributed by atoms with Crippen molar-refractivity contribution in [2.45, 2.75) is 38.4 Å². The number of nitrogens with zero attached hydrogens (tertiary/aromatic N) is 3. The molecule has 5 nitrogen and oxygen atoms in total. The number of aromatic nitrogens is 1. The molecule has 0 aliphatic carbocycles. The summed E-state index contributed by atoms with van der Waals surface area (Å²) < 4.78 is 0. The number of hydrogen-bond acceptors (Lipinski definition) is 4. The molecule has 1 amide bonds. The van der Waals surface area contributed by atoms with Gasteiger partial charge in [-0.1, -0.05) is 0 Å². The Morgan fingerprint density at radius 3 is 2.45 bits per heavy atom. The molecule has 2 atom stereocenters. The quantitative estimate of drug-likeness (QED) is 0.895. The Hall–Kier alpha value is -1.46. The van der Waals surface area contributed by atoms with E-state index in [1.54, 1.807) is 17.3 Å². The Morgan fingerprint density at radius 2 is 1.90 bits per heavy atom. The van der Waals surface area contributed by atoms with E-state index in [4.69, 9.17) is 5.73 Å². The predicted molar refractivity (Wildman–Crippen MR) is 79.0 cm³/mol. The van der Waals surface area contributed by atoms with Crippen LogP contribution in [0.15, 0.2) is 24.5 Å². The summed E-state index contributed by atoms with van der Waals surface area (Å²) >= 11 is 0. The van der Waals surface area contributed by atoms with Crippen LogP contribution in [0.3, 0.4) is 0 Å². The van der Waals surface area contributed by atoms with Crippen LogP contribution >= 0.6 is 0 Å². The maximum Gasteiger partial charge on any atom is 0.242 e. The van der Waals surface area contributed by atoms with Crippen molar-refractivity contribution < 1.29 is 4.79 Å². The van der Waals surface area contributed by atoms with Crippen molar-refractivity contribution in [2.24, 2.45) is 5.73 Å². The average Bonchev–Trinajstić information content (AvgIpc) is 2.40. The van der Waals surface area contributed by atoms with Crippen molar-refractivity contribution in [1.29, 1.82) is 0 Å². The highest BCUT2D eigenvalue weighted by molar-refractivity contribution is 5.86. The zero-order valence-electron chi connectivity index (χ0n) is 12.7. The number of amides is 1. The Morgan fingerprint density at radius 1 is 1.30 bits per heavy atom. The zero-order chi connectivity index (χ0) is 14.9. The first-order valence-electron chi connectivity index (χ1n) is 7.03. The highest BCUT2D eigenvalue weighted by Crippen LogP contribution is 2.33.